The average Bonchev–Trinajstić information content (AvgIpc) is 2.84. The van der Waals surface area contributed by atoms with Crippen LogP contribution in [0.25, 0.3) is 12.2 Å². The summed E-state index contributed by atoms with van der Waals surface area (Å²) in [7, 11) is -3.14. The summed E-state index contributed by atoms with van der Waals surface area (Å²) in [4.78, 5) is 0. The molecule has 0 aromatic heterocycles. The van der Waals surface area contributed by atoms with Crippen LogP contribution in [0.15, 0.2) is 109 Å². The minimum Gasteiger partial charge on any atom is -0.329 e. The Balaban J connectivity index is 1.74. The molecule has 1 atom stereocenters. The highest BCUT2D eigenvalue weighted by Gasteiger charge is 2.29. The van der Waals surface area contributed by atoms with Crippen molar-refractivity contribution >= 4 is 35.7 Å². The Morgan fingerprint density at radius 3 is 1.88 bits per heavy atom. The zero-order chi connectivity index (χ0) is 23.3. The largest absolute Gasteiger partial charge is 0.329 e. The summed E-state index contributed by atoms with van der Waals surface area (Å²) in [6.07, 6.45) is 4.15. The predicted octanol–water partition coefficient (Wildman–Crippen LogP) is 7.50. The summed E-state index contributed by atoms with van der Waals surface area (Å²) >= 11 is 0. The summed E-state index contributed by atoms with van der Waals surface area (Å²) in [5.74, 6) is 0. The van der Waals surface area contributed by atoms with Gasteiger partial charge in [0.25, 0.3) is 0 Å². The van der Waals surface area contributed by atoms with Crippen molar-refractivity contribution in [2.75, 3.05) is 5.09 Å². The lowest BCUT2D eigenvalue weighted by Crippen LogP contribution is -2.23. The van der Waals surface area contributed by atoms with Gasteiger partial charge in [-0.1, -0.05) is 112 Å². The molecule has 1 unspecified atom stereocenters. The quantitative estimate of drug-likeness (QED) is 0.243. The SMILES string of the molecule is CC(C)(C)c1ccc(/C=C/c2ccccc2P(=O)(Nc2ccccc2)c2ccccc2)cc1. The Morgan fingerprint density at radius 1 is 0.667 bits per heavy atom. The van der Waals surface area contributed by atoms with Crippen molar-refractivity contribution in [2.45, 2.75) is 26.2 Å². The van der Waals surface area contributed by atoms with Gasteiger partial charge in [0.1, 0.15) is 0 Å². The van der Waals surface area contributed by atoms with Gasteiger partial charge in [-0.25, -0.2) is 0 Å². The summed E-state index contributed by atoms with van der Waals surface area (Å²) in [5.41, 5.74) is 4.32. The summed E-state index contributed by atoms with van der Waals surface area (Å²) in [5, 5.41) is 4.95. The first kappa shape index (κ1) is 22.8. The fourth-order valence-corrected chi connectivity index (χ4v) is 6.23. The normalized spacial score (nSPS) is 13.5. The first-order valence-corrected chi connectivity index (χ1v) is 12.9. The average molecular weight is 452 g/mol. The monoisotopic (exact) mass is 451 g/mol. The van der Waals surface area contributed by atoms with Crippen molar-refractivity contribution in [3.05, 3.63) is 126 Å². The highest BCUT2D eigenvalue weighted by atomic mass is 31.2. The lowest BCUT2D eigenvalue weighted by atomic mass is 9.87. The summed E-state index contributed by atoms with van der Waals surface area (Å²) < 4.78 is 14.6. The van der Waals surface area contributed by atoms with E-state index in [1.807, 2.05) is 84.9 Å². The number of benzene rings is 4. The first-order valence-electron chi connectivity index (χ1n) is 11.2. The second kappa shape index (κ2) is 9.65. The molecule has 0 amide bonds. The van der Waals surface area contributed by atoms with Crippen LogP contribution in [0.3, 0.4) is 0 Å². The molecule has 0 bridgehead atoms. The summed E-state index contributed by atoms with van der Waals surface area (Å²) in [6.45, 7) is 6.65. The number of rotatable bonds is 6. The third-order valence-electron chi connectivity index (χ3n) is 5.69. The van der Waals surface area contributed by atoms with E-state index in [4.69, 9.17) is 0 Å². The van der Waals surface area contributed by atoms with Crippen LogP contribution in [0.1, 0.15) is 37.5 Å². The fourth-order valence-electron chi connectivity index (χ4n) is 3.79. The van der Waals surface area contributed by atoms with Gasteiger partial charge in [0.05, 0.1) is 0 Å². The van der Waals surface area contributed by atoms with Gasteiger partial charge in [-0.05, 0) is 52.4 Å². The molecule has 0 aliphatic carbocycles. The van der Waals surface area contributed by atoms with E-state index in [2.05, 4.69) is 62.3 Å². The molecule has 0 saturated heterocycles. The number of anilines is 1. The van der Waals surface area contributed by atoms with Crippen LogP contribution in [0.4, 0.5) is 5.69 Å². The maximum absolute atomic E-state index is 14.6. The predicted molar refractivity (Wildman–Crippen MR) is 144 cm³/mol. The zero-order valence-electron chi connectivity index (χ0n) is 19.4. The second-order valence-electron chi connectivity index (χ2n) is 9.19. The van der Waals surface area contributed by atoms with E-state index in [0.29, 0.717) is 0 Å². The number of para-hydroxylation sites is 1. The van der Waals surface area contributed by atoms with E-state index in [1.54, 1.807) is 0 Å². The first-order chi connectivity index (χ1) is 15.9. The molecule has 0 radical (unpaired) electrons. The van der Waals surface area contributed by atoms with E-state index >= 15 is 0 Å². The maximum Gasteiger partial charge on any atom is 0.227 e. The standard InChI is InChI=1S/C30H30NOP/c1-30(2,3)26-22-19-24(20-23-26)18-21-25-12-10-11-17-29(25)33(32,28-15-8-5-9-16-28)31-27-13-6-4-7-14-27/h4-23H,1-3H3,(H,31,32)/b21-18+. The smallest absolute Gasteiger partial charge is 0.227 e. The Kier molecular flexibility index (Phi) is 6.67. The van der Waals surface area contributed by atoms with Crippen LogP contribution in [-0.2, 0) is 9.98 Å². The van der Waals surface area contributed by atoms with Gasteiger partial charge in [0.2, 0.25) is 7.29 Å². The van der Waals surface area contributed by atoms with Crippen molar-refractivity contribution in [3.63, 3.8) is 0 Å². The topological polar surface area (TPSA) is 29.1 Å². The number of hydrogen-bond donors (Lipinski definition) is 1. The van der Waals surface area contributed by atoms with Crippen molar-refractivity contribution < 1.29 is 4.57 Å². The van der Waals surface area contributed by atoms with Crippen molar-refractivity contribution in [1.29, 1.82) is 0 Å². The highest BCUT2D eigenvalue weighted by Crippen LogP contribution is 2.44. The molecular formula is C30H30NOP. The maximum atomic E-state index is 14.6. The zero-order valence-corrected chi connectivity index (χ0v) is 20.3. The molecule has 0 spiro atoms. The Labute approximate surface area is 197 Å². The third-order valence-corrected chi connectivity index (χ3v) is 8.37. The van der Waals surface area contributed by atoms with Gasteiger partial charge in [-0.2, -0.15) is 0 Å². The van der Waals surface area contributed by atoms with Crippen molar-refractivity contribution in [1.82, 2.24) is 0 Å². The summed E-state index contributed by atoms with van der Waals surface area (Å²) in [6, 6.07) is 36.0. The Morgan fingerprint density at radius 2 is 1.24 bits per heavy atom. The molecule has 4 aromatic rings. The molecule has 3 heteroatoms. The van der Waals surface area contributed by atoms with Crippen LogP contribution in [0.5, 0.6) is 0 Å². The van der Waals surface area contributed by atoms with E-state index in [9.17, 15) is 4.57 Å². The minimum atomic E-state index is -3.14. The van der Waals surface area contributed by atoms with Crippen LogP contribution in [0.2, 0.25) is 0 Å². The third kappa shape index (κ3) is 5.35. The molecule has 4 aromatic carbocycles. The molecule has 0 saturated carbocycles. The lowest BCUT2D eigenvalue weighted by Gasteiger charge is -2.23. The van der Waals surface area contributed by atoms with Crippen LogP contribution in [0, 0.1) is 0 Å². The molecule has 33 heavy (non-hydrogen) atoms. The van der Waals surface area contributed by atoms with E-state index in [-0.39, 0.29) is 5.41 Å². The molecule has 0 heterocycles. The van der Waals surface area contributed by atoms with Crippen molar-refractivity contribution in [2.24, 2.45) is 0 Å². The van der Waals surface area contributed by atoms with Gasteiger partial charge in [0.15, 0.2) is 0 Å². The van der Waals surface area contributed by atoms with Crippen LogP contribution >= 0.6 is 7.29 Å². The Bertz CT molecular complexity index is 1270. The minimum absolute atomic E-state index is 0.125. The molecule has 0 aliphatic rings. The van der Waals surface area contributed by atoms with Gasteiger partial charge < -0.3 is 5.09 Å². The molecule has 1 N–H and O–H groups in total. The molecule has 2 nitrogen and oxygen atoms in total. The van der Waals surface area contributed by atoms with Crippen LogP contribution < -0.4 is 15.7 Å². The van der Waals surface area contributed by atoms with E-state index in [1.165, 1.54) is 5.56 Å². The highest BCUT2D eigenvalue weighted by molar-refractivity contribution is 7.80. The van der Waals surface area contributed by atoms with Gasteiger partial charge in [-0.15, -0.1) is 0 Å². The molecule has 0 aliphatic heterocycles. The lowest BCUT2D eigenvalue weighted by molar-refractivity contribution is 0.589. The Hall–Kier alpha value is -3.35. The number of nitrogens with one attached hydrogen (secondary N) is 1. The number of hydrogen-bond acceptors (Lipinski definition) is 1. The van der Waals surface area contributed by atoms with E-state index in [0.717, 1.165) is 27.4 Å². The van der Waals surface area contributed by atoms with E-state index < -0.39 is 7.29 Å². The van der Waals surface area contributed by atoms with Crippen LogP contribution in [-0.4, -0.2) is 0 Å². The molecular weight excluding hydrogens is 421 g/mol. The van der Waals surface area contributed by atoms with Crippen molar-refractivity contribution in [3.8, 4) is 0 Å². The van der Waals surface area contributed by atoms with Gasteiger partial charge >= 0.3 is 0 Å². The molecule has 166 valence electrons. The van der Waals surface area contributed by atoms with Gasteiger partial charge in [0, 0.05) is 16.3 Å². The molecule has 0 fully saturated rings. The second-order valence-corrected chi connectivity index (χ2v) is 11.6. The van der Waals surface area contributed by atoms with Gasteiger partial charge in [-0.3, -0.25) is 4.57 Å². The fraction of sp³-hybridized carbons (Fsp3) is 0.133. The molecule has 4 rings (SSSR count).